The van der Waals surface area contributed by atoms with E-state index in [1.807, 2.05) is 23.7 Å². The Morgan fingerprint density at radius 3 is 2.84 bits per heavy atom. The number of anilines is 1. The number of hydrogen-bond acceptors (Lipinski definition) is 6. The molecule has 7 nitrogen and oxygen atoms in total. The molecule has 132 valence electrons. The third-order valence-corrected chi connectivity index (χ3v) is 7.29. The highest BCUT2D eigenvalue weighted by molar-refractivity contribution is 7.91. The number of aromatic nitrogens is 3. The van der Waals surface area contributed by atoms with E-state index in [9.17, 15) is 8.42 Å². The van der Waals surface area contributed by atoms with Gasteiger partial charge in [0.1, 0.15) is 9.73 Å². The van der Waals surface area contributed by atoms with Gasteiger partial charge < -0.3 is 4.90 Å². The first kappa shape index (κ1) is 16.5. The molecule has 1 saturated heterocycles. The number of thiophene rings is 1. The van der Waals surface area contributed by atoms with Gasteiger partial charge in [0.15, 0.2) is 5.82 Å². The summed E-state index contributed by atoms with van der Waals surface area (Å²) in [6.07, 6.45) is 5.09. The summed E-state index contributed by atoms with van der Waals surface area (Å²) in [7, 11) is -3.41. The predicted octanol–water partition coefficient (Wildman–Crippen LogP) is 2.05. The predicted molar refractivity (Wildman–Crippen MR) is 97.6 cm³/mol. The smallest absolute Gasteiger partial charge is 0.250 e. The van der Waals surface area contributed by atoms with E-state index in [1.165, 1.54) is 11.3 Å². The molecule has 4 rings (SSSR count). The highest BCUT2D eigenvalue weighted by Crippen LogP contribution is 2.24. The number of nitrogens with zero attached hydrogens (tertiary/aromatic N) is 4. The molecule has 0 spiro atoms. The second-order valence-electron chi connectivity index (χ2n) is 6.18. The van der Waals surface area contributed by atoms with Crippen molar-refractivity contribution in [2.75, 3.05) is 18.0 Å². The van der Waals surface area contributed by atoms with Crippen LogP contribution in [0.4, 0.5) is 5.82 Å². The lowest BCUT2D eigenvalue weighted by Gasteiger charge is -2.33. The average molecular weight is 377 g/mol. The molecule has 0 bridgehead atoms. The largest absolute Gasteiger partial charge is 0.355 e. The Bertz CT molecular complexity index is 973. The van der Waals surface area contributed by atoms with Gasteiger partial charge in [-0.3, -0.25) is 0 Å². The van der Waals surface area contributed by atoms with E-state index in [4.69, 9.17) is 0 Å². The van der Waals surface area contributed by atoms with Crippen molar-refractivity contribution < 1.29 is 8.42 Å². The van der Waals surface area contributed by atoms with Crippen LogP contribution in [0.2, 0.25) is 0 Å². The van der Waals surface area contributed by atoms with E-state index in [1.54, 1.807) is 23.7 Å². The zero-order chi connectivity index (χ0) is 17.4. The number of nitrogens with one attached hydrogen (secondary N) is 1. The van der Waals surface area contributed by atoms with Crippen LogP contribution >= 0.6 is 11.3 Å². The van der Waals surface area contributed by atoms with Crippen molar-refractivity contribution in [3.63, 3.8) is 0 Å². The van der Waals surface area contributed by atoms with Gasteiger partial charge in [0.25, 0.3) is 0 Å². The SMILES string of the molecule is Cc1cc2c(N3CCC(NS(=O)(=O)c4cccs4)CC3)nccn2n1. The van der Waals surface area contributed by atoms with Crippen LogP contribution in [0.25, 0.3) is 5.52 Å². The molecule has 0 saturated carbocycles. The fraction of sp³-hybridized carbons (Fsp3) is 0.375. The molecule has 1 fully saturated rings. The van der Waals surface area contributed by atoms with Gasteiger partial charge in [0, 0.05) is 31.5 Å². The van der Waals surface area contributed by atoms with Crippen molar-refractivity contribution in [2.45, 2.75) is 30.0 Å². The summed E-state index contributed by atoms with van der Waals surface area (Å²) in [5, 5.41) is 6.19. The molecular formula is C16H19N5O2S2. The minimum absolute atomic E-state index is 0.0465. The number of aryl methyl sites for hydroxylation is 1. The van der Waals surface area contributed by atoms with Crippen LogP contribution in [0, 0.1) is 6.92 Å². The summed E-state index contributed by atoms with van der Waals surface area (Å²) >= 11 is 1.24. The van der Waals surface area contributed by atoms with Gasteiger partial charge in [0.2, 0.25) is 10.0 Å². The number of fused-ring (bicyclic) bond motifs is 1. The molecule has 3 aromatic rings. The highest BCUT2D eigenvalue weighted by Gasteiger charge is 2.26. The van der Waals surface area contributed by atoms with E-state index in [-0.39, 0.29) is 6.04 Å². The number of piperidine rings is 1. The first-order chi connectivity index (χ1) is 12.0. The molecule has 0 aliphatic carbocycles. The van der Waals surface area contributed by atoms with Gasteiger partial charge in [-0.15, -0.1) is 11.3 Å². The van der Waals surface area contributed by atoms with Crippen LogP contribution in [0.3, 0.4) is 0 Å². The Morgan fingerprint density at radius 2 is 2.12 bits per heavy atom. The highest BCUT2D eigenvalue weighted by atomic mass is 32.2. The zero-order valence-electron chi connectivity index (χ0n) is 13.8. The molecule has 0 amide bonds. The molecule has 1 aliphatic rings. The lowest BCUT2D eigenvalue weighted by Crippen LogP contribution is -2.44. The Kier molecular flexibility index (Phi) is 4.22. The fourth-order valence-electron chi connectivity index (χ4n) is 3.18. The second-order valence-corrected chi connectivity index (χ2v) is 9.07. The van der Waals surface area contributed by atoms with Crippen LogP contribution in [-0.4, -0.2) is 42.1 Å². The Morgan fingerprint density at radius 1 is 1.32 bits per heavy atom. The van der Waals surface area contributed by atoms with Crippen molar-refractivity contribution in [1.82, 2.24) is 19.3 Å². The second kappa shape index (κ2) is 6.40. The van der Waals surface area contributed by atoms with E-state index in [0.717, 1.165) is 43.0 Å². The van der Waals surface area contributed by atoms with Gasteiger partial charge >= 0.3 is 0 Å². The van der Waals surface area contributed by atoms with Gasteiger partial charge in [-0.2, -0.15) is 5.10 Å². The topological polar surface area (TPSA) is 79.6 Å². The summed E-state index contributed by atoms with van der Waals surface area (Å²) in [5.41, 5.74) is 1.94. The van der Waals surface area contributed by atoms with Gasteiger partial charge in [-0.25, -0.2) is 22.6 Å². The maximum absolute atomic E-state index is 12.4. The lowest BCUT2D eigenvalue weighted by molar-refractivity contribution is 0.459. The molecule has 4 heterocycles. The molecule has 0 atom stereocenters. The maximum Gasteiger partial charge on any atom is 0.250 e. The Hall–Kier alpha value is -1.97. The minimum atomic E-state index is -3.41. The minimum Gasteiger partial charge on any atom is -0.355 e. The van der Waals surface area contributed by atoms with Crippen LogP contribution in [-0.2, 0) is 10.0 Å². The number of hydrogen-bond donors (Lipinski definition) is 1. The first-order valence-electron chi connectivity index (χ1n) is 8.15. The molecule has 1 N–H and O–H groups in total. The fourth-order valence-corrected chi connectivity index (χ4v) is 5.49. The van der Waals surface area contributed by atoms with Crippen molar-refractivity contribution >= 4 is 32.7 Å². The molecule has 0 radical (unpaired) electrons. The third kappa shape index (κ3) is 3.26. The van der Waals surface area contributed by atoms with Crippen LogP contribution in [0.1, 0.15) is 18.5 Å². The van der Waals surface area contributed by atoms with E-state index < -0.39 is 10.0 Å². The molecule has 1 aliphatic heterocycles. The normalized spacial score (nSPS) is 16.6. The van der Waals surface area contributed by atoms with Gasteiger partial charge in [-0.05, 0) is 37.3 Å². The van der Waals surface area contributed by atoms with Crippen molar-refractivity contribution in [3.8, 4) is 0 Å². The summed E-state index contributed by atoms with van der Waals surface area (Å²) in [6, 6.07) is 5.36. The molecule has 0 aromatic carbocycles. The zero-order valence-corrected chi connectivity index (χ0v) is 15.4. The number of rotatable bonds is 4. The van der Waals surface area contributed by atoms with E-state index >= 15 is 0 Å². The van der Waals surface area contributed by atoms with E-state index in [0.29, 0.717) is 4.21 Å². The third-order valence-electron chi connectivity index (χ3n) is 4.37. The molecule has 0 unspecified atom stereocenters. The molecular weight excluding hydrogens is 358 g/mol. The maximum atomic E-state index is 12.4. The summed E-state index contributed by atoms with van der Waals surface area (Å²) in [4.78, 5) is 6.71. The average Bonchev–Trinajstić information content (AvgIpc) is 3.23. The molecule has 3 aromatic heterocycles. The standard InChI is InChI=1S/C16H19N5O2S2/c1-12-11-14-16(17-6-9-21(14)18-12)20-7-4-13(5-8-20)19-25(22,23)15-3-2-10-24-15/h2-3,6,9-11,13,19H,4-5,7-8H2,1H3. The monoisotopic (exact) mass is 377 g/mol. The van der Waals surface area contributed by atoms with Gasteiger partial charge in [-0.1, -0.05) is 6.07 Å². The van der Waals surface area contributed by atoms with Crippen molar-refractivity contribution in [1.29, 1.82) is 0 Å². The van der Waals surface area contributed by atoms with Crippen LogP contribution in [0.5, 0.6) is 0 Å². The first-order valence-corrected chi connectivity index (χ1v) is 10.5. The summed E-state index contributed by atoms with van der Waals surface area (Å²) < 4.78 is 29.7. The van der Waals surface area contributed by atoms with Crippen LogP contribution < -0.4 is 9.62 Å². The summed E-state index contributed by atoms with van der Waals surface area (Å²) in [5.74, 6) is 0.905. The molecule has 25 heavy (non-hydrogen) atoms. The van der Waals surface area contributed by atoms with E-state index in [2.05, 4.69) is 19.7 Å². The van der Waals surface area contributed by atoms with Gasteiger partial charge in [0.05, 0.1) is 5.69 Å². The molecule has 9 heteroatoms. The van der Waals surface area contributed by atoms with Crippen LogP contribution in [0.15, 0.2) is 40.2 Å². The quantitative estimate of drug-likeness (QED) is 0.753. The van der Waals surface area contributed by atoms with Crippen molar-refractivity contribution in [3.05, 3.63) is 41.7 Å². The Balaban J connectivity index is 1.46. The lowest BCUT2D eigenvalue weighted by atomic mass is 10.1. The van der Waals surface area contributed by atoms with Crippen molar-refractivity contribution in [2.24, 2.45) is 0 Å². The summed E-state index contributed by atoms with van der Waals surface area (Å²) in [6.45, 7) is 3.48. The Labute approximate surface area is 150 Å². The number of sulfonamides is 1.